The Kier molecular flexibility index (Phi) is 2.65. The van der Waals surface area contributed by atoms with Gasteiger partial charge in [-0.05, 0) is 0 Å². The third kappa shape index (κ3) is 2.24. The van der Waals surface area contributed by atoms with Gasteiger partial charge in [0, 0.05) is 0 Å². The van der Waals surface area contributed by atoms with Crippen molar-refractivity contribution in [1.82, 2.24) is 10.5 Å². The molecular weight excluding hydrogens is 160 g/mol. The first kappa shape index (κ1) is 8.54. The van der Waals surface area contributed by atoms with Gasteiger partial charge in [-0.1, -0.05) is 0 Å². The van der Waals surface area contributed by atoms with Gasteiger partial charge in [0.1, 0.15) is 0 Å². The second-order valence-corrected chi connectivity index (χ2v) is 2.38. The van der Waals surface area contributed by atoms with Gasteiger partial charge in [0.05, 0.1) is 13.0 Å². The zero-order valence-corrected chi connectivity index (χ0v) is 6.45. The summed E-state index contributed by atoms with van der Waals surface area (Å²) in [5.74, 6) is 0.127. The number of imidazole rings is 1. The number of aromatic nitrogens is 2. The van der Waals surface area contributed by atoms with E-state index in [4.69, 9.17) is 10.9 Å². The molecule has 0 aliphatic rings. The van der Waals surface area contributed by atoms with Crippen LogP contribution in [0.2, 0.25) is 0 Å². The molecule has 1 amide bonds. The number of aryl methyl sites for hydroxylation is 1. The van der Waals surface area contributed by atoms with Crippen LogP contribution in [-0.2, 0) is 11.3 Å². The minimum Gasteiger partial charge on any atom is -0.363 e. The molecule has 1 rings (SSSR count). The van der Waals surface area contributed by atoms with Gasteiger partial charge < -0.3 is 5.73 Å². The fourth-order valence-corrected chi connectivity index (χ4v) is 0.826. The van der Waals surface area contributed by atoms with Crippen molar-refractivity contribution in [3.63, 3.8) is 0 Å². The number of hydrogen-bond acceptors (Lipinski definition) is 3. The third-order valence-electron chi connectivity index (χ3n) is 1.42. The molecular formula is C6H11N4O2+. The number of hydroxylamine groups is 1. The minimum absolute atomic E-state index is 0.221. The maximum atomic E-state index is 10.6. The highest BCUT2D eigenvalue weighted by Gasteiger charge is 2.04. The molecule has 0 fully saturated rings. The summed E-state index contributed by atoms with van der Waals surface area (Å²) in [6, 6.07) is 0. The number of nitrogen functional groups attached to an aromatic ring is 1. The smallest absolute Gasteiger partial charge is 0.247 e. The maximum Gasteiger partial charge on any atom is 0.247 e. The highest BCUT2D eigenvalue weighted by molar-refractivity contribution is 5.74. The molecule has 12 heavy (non-hydrogen) atoms. The van der Waals surface area contributed by atoms with Crippen LogP contribution < -0.4 is 15.8 Å². The van der Waals surface area contributed by atoms with Crippen LogP contribution in [0.5, 0.6) is 0 Å². The molecule has 1 aromatic heterocycles. The predicted octanol–water partition coefficient (Wildman–Crippen LogP) is -1.22. The molecule has 0 atom stereocenters. The van der Waals surface area contributed by atoms with E-state index in [2.05, 4.69) is 4.98 Å². The Bertz CT molecular complexity index is 270. The zero-order chi connectivity index (χ0) is 8.97. The fraction of sp³-hybridized carbons (Fsp3) is 0.333. The van der Waals surface area contributed by atoms with Gasteiger partial charge in [0.15, 0.2) is 6.20 Å². The molecule has 6 nitrogen and oxygen atoms in total. The fourth-order valence-electron chi connectivity index (χ4n) is 0.826. The molecule has 6 heteroatoms. The molecule has 66 valence electrons. The van der Waals surface area contributed by atoms with Crippen molar-refractivity contribution in [3.8, 4) is 0 Å². The lowest BCUT2D eigenvalue weighted by Gasteiger charge is -1.94. The van der Waals surface area contributed by atoms with Gasteiger partial charge in [-0.25, -0.2) is 15.0 Å². The molecule has 1 heterocycles. The Morgan fingerprint density at radius 2 is 2.58 bits per heavy atom. The molecule has 5 N–H and O–H groups in total. The van der Waals surface area contributed by atoms with Crippen molar-refractivity contribution in [2.45, 2.75) is 13.0 Å². The summed E-state index contributed by atoms with van der Waals surface area (Å²) in [7, 11) is 0. The van der Waals surface area contributed by atoms with Crippen molar-refractivity contribution in [2.75, 3.05) is 5.73 Å². The van der Waals surface area contributed by atoms with Crippen molar-refractivity contribution >= 4 is 11.7 Å². The topological polar surface area (TPSA) is 95.0 Å². The first-order valence-electron chi connectivity index (χ1n) is 3.48. The minimum atomic E-state index is -0.415. The molecule has 0 aliphatic heterocycles. The van der Waals surface area contributed by atoms with Gasteiger partial charge in [-0.2, -0.15) is 0 Å². The van der Waals surface area contributed by atoms with Crippen LogP contribution >= 0.6 is 0 Å². The number of anilines is 1. The average Bonchev–Trinajstić information content (AvgIpc) is 2.47. The van der Waals surface area contributed by atoms with E-state index in [1.165, 1.54) is 0 Å². The van der Waals surface area contributed by atoms with Crippen molar-refractivity contribution in [2.24, 2.45) is 0 Å². The third-order valence-corrected chi connectivity index (χ3v) is 1.42. The molecule has 0 bridgehead atoms. The van der Waals surface area contributed by atoms with Crippen LogP contribution in [0, 0.1) is 0 Å². The van der Waals surface area contributed by atoms with E-state index in [1.54, 1.807) is 22.6 Å². The number of aromatic amines is 1. The number of H-pyrrole nitrogens is 1. The van der Waals surface area contributed by atoms with Gasteiger partial charge in [0.2, 0.25) is 18.1 Å². The molecule has 0 radical (unpaired) electrons. The Labute approximate surface area is 69.0 Å². The van der Waals surface area contributed by atoms with E-state index in [0.29, 0.717) is 12.4 Å². The predicted molar refractivity (Wildman–Crippen MR) is 39.9 cm³/mol. The summed E-state index contributed by atoms with van der Waals surface area (Å²) in [4.78, 5) is 13.3. The number of rotatable bonds is 3. The molecule has 0 spiro atoms. The van der Waals surface area contributed by atoms with Crippen LogP contribution in [0.3, 0.4) is 0 Å². The summed E-state index contributed by atoms with van der Waals surface area (Å²) in [5.41, 5.74) is 6.94. The largest absolute Gasteiger partial charge is 0.363 e. The summed E-state index contributed by atoms with van der Waals surface area (Å²) in [5, 5.41) is 8.18. The van der Waals surface area contributed by atoms with Crippen LogP contribution in [0.15, 0.2) is 12.5 Å². The van der Waals surface area contributed by atoms with Crippen molar-refractivity contribution in [1.29, 1.82) is 0 Å². The molecule has 0 aromatic carbocycles. The highest BCUT2D eigenvalue weighted by Crippen LogP contribution is 1.87. The van der Waals surface area contributed by atoms with E-state index in [0.717, 1.165) is 0 Å². The van der Waals surface area contributed by atoms with E-state index in [1.807, 2.05) is 0 Å². The summed E-state index contributed by atoms with van der Waals surface area (Å²) in [6.45, 7) is 0.486. The number of hydrogen-bond donors (Lipinski definition) is 4. The van der Waals surface area contributed by atoms with Crippen LogP contribution in [0.4, 0.5) is 5.82 Å². The number of carbonyl (C=O) groups excluding carboxylic acids is 1. The standard InChI is InChI=1S/C6H10N4O2/c7-5-3-10(4-8-5)2-1-6(11)9-12/h3-4H,1-2,7H2,(H2,9,11,12)/p+1. The summed E-state index contributed by atoms with van der Waals surface area (Å²) < 4.78 is 1.73. The average molecular weight is 171 g/mol. The first-order chi connectivity index (χ1) is 5.72. The lowest BCUT2D eigenvalue weighted by molar-refractivity contribution is -0.694. The Balaban J connectivity index is 2.38. The van der Waals surface area contributed by atoms with Crippen molar-refractivity contribution in [3.05, 3.63) is 12.5 Å². The Hall–Kier alpha value is -1.56. The van der Waals surface area contributed by atoms with Crippen LogP contribution in [0.25, 0.3) is 0 Å². The van der Waals surface area contributed by atoms with Crippen LogP contribution in [-0.4, -0.2) is 16.1 Å². The highest BCUT2D eigenvalue weighted by atomic mass is 16.5. The molecule has 0 saturated carbocycles. The summed E-state index contributed by atoms with van der Waals surface area (Å²) >= 11 is 0. The number of nitrogens with one attached hydrogen (secondary N) is 2. The van der Waals surface area contributed by atoms with Crippen LogP contribution in [0.1, 0.15) is 6.42 Å². The first-order valence-corrected chi connectivity index (χ1v) is 3.48. The second-order valence-electron chi connectivity index (χ2n) is 2.38. The molecule has 1 aromatic rings. The number of nitrogens with two attached hydrogens (primary N) is 1. The second kappa shape index (κ2) is 3.72. The van der Waals surface area contributed by atoms with E-state index < -0.39 is 5.91 Å². The monoisotopic (exact) mass is 171 g/mol. The van der Waals surface area contributed by atoms with Gasteiger partial charge in [-0.15, -0.1) is 0 Å². The number of carbonyl (C=O) groups is 1. The number of amides is 1. The SMILES string of the molecule is Nc1c[n+](CCC(=O)NO)c[nH]1. The zero-order valence-electron chi connectivity index (χ0n) is 6.45. The Morgan fingerprint density at radius 3 is 3.08 bits per heavy atom. The molecule has 0 unspecified atom stereocenters. The van der Waals surface area contributed by atoms with E-state index in [-0.39, 0.29) is 6.42 Å². The Morgan fingerprint density at radius 1 is 1.83 bits per heavy atom. The normalized spacial score (nSPS) is 9.75. The van der Waals surface area contributed by atoms with Crippen molar-refractivity contribution < 1.29 is 14.6 Å². The number of nitrogens with zero attached hydrogens (tertiary/aromatic N) is 1. The lowest BCUT2D eigenvalue weighted by Crippen LogP contribution is -2.34. The van der Waals surface area contributed by atoms with E-state index >= 15 is 0 Å². The van der Waals surface area contributed by atoms with Gasteiger partial charge >= 0.3 is 0 Å². The van der Waals surface area contributed by atoms with Gasteiger partial charge in [0.25, 0.3) is 0 Å². The molecule has 0 saturated heterocycles. The summed E-state index contributed by atoms with van der Waals surface area (Å²) in [6.07, 6.45) is 3.54. The lowest BCUT2D eigenvalue weighted by atomic mass is 10.4. The van der Waals surface area contributed by atoms with Gasteiger partial charge in [-0.3, -0.25) is 10.0 Å². The maximum absolute atomic E-state index is 10.6. The quantitative estimate of drug-likeness (QED) is 0.261. The van der Waals surface area contributed by atoms with E-state index in [9.17, 15) is 4.79 Å². The molecule has 0 aliphatic carbocycles.